The Balaban J connectivity index is 1.37. The number of anilines is 1. The van der Waals surface area contributed by atoms with Crippen LogP contribution in [0.15, 0.2) is 77.4 Å². The number of amides is 1. The highest BCUT2D eigenvalue weighted by molar-refractivity contribution is 9.10. The van der Waals surface area contributed by atoms with Gasteiger partial charge in [0.15, 0.2) is 5.82 Å². The zero-order chi connectivity index (χ0) is 23.4. The minimum absolute atomic E-state index is 0.283. The Morgan fingerprint density at radius 3 is 2.45 bits per heavy atom. The van der Waals surface area contributed by atoms with Gasteiger partial charge in [-0.05, 0) is 47.5 Å². The summed E-state index contributed by atoms with van der Waals surface area (Å²) in [4.78, 5) is 12.7. The Morgan fingerprint density at radius 1 is 0.970 bits per heavy atom. The normalized spacial score (nSPS) is 10.8. The van der Waals surface area contributed by atoms with Gasteiger partial charge in [-0.1, -0.05) is 81.1 Å². The summed E-state index contributed by atoms with van der Waals surface area (Å²) in [5, 5.41) is 8.61. The fourth-order valence-electron chi connectivity index (χ4n) is 3.05. The predicted molar refractivity (Wildman–Crippen MR) is 136 cm³/mol. The molecular weight excluding hydrogens is 549 g/mol. The molecule has 4 rings (SSSR count). The molecule has 5 nitrogen and oxygen atoms in total. The van der Waals surface area contributed by atoms with Gasteiger partial charge in [-0.25, -0.2) is 0 Å². The van der Waals surface area contributed by atoms with E-state index in [2.05, 4.69) is 26.3 Å². The number of rotatable bonds is 7. The largest absolute Gasteiger partial charge is 0.487 e. The fraction of sp³-hybridized carbons (Fsp3) is 0.0833. The van der Waals surface area contributed by atoms with Gasteiger partial charge in [0.25, 0.3) is 5.91 Å². The zero-order valence-corrected chi connectivity index (χ0v) is 20.9. The highest BCUT2D eigenvalue weighted by Gasteiger charge is 2.13. The van der Waals surface area contributed by atoms with Crippen LogP contribution in [0.3, 0.4) is 0 Å². The summed E-state index contributed by atoms with van der Waals surface area (Å²) in [7, 11) is 0. The Bertz CT molecular complexity index is 1290. The SMILES string of the molecule is O=C(Nc1nn(Cc2ccccc2Cl)cc1Cl)c1ccc(COc2ccc(Br)cc2Cl)cc1. The Morgan fingerprint density at radius 2 is 1.73 bits per heavy atom. The summed E-state index contributed by atoms with van der Waals surface area (Å²) >= 11 is 22.0. The summed E-state index contributed by atoms with van der Waals surface area (Å²) in [5.74, 6) is 0.554. The maximum atomic E-state index is 12.7. The van der Waals surface area contributed by atoms with Crippen molar-refractivity contribution in [2.75, 3.05) is 5.32 Å². The molecule has 0 unspecified atom stereocenters. The molecule has 0 spiro atoms. The highest BCUT2D eigenvalue weighted by Crippen LogP contribution is 2.28. The molecule has 0 fully saturated rings. The van der Waals surface area contributed by atoms with E-state index in [0.717, 1.165) is 15.6 Å². The molecule has 0 saturated heterocycles. The molecule has 1 N–H and O–H groups in total. The number of nitrogens with zero attached hydrogens (tertiary/aromatic N) is 2. The van der Waals surface area contributed by atoms with E-state index in [9.17, 15) is 4.79 Å². The molecule has 0 aliphatic carbocycles. The number of benzene rings is 3. The van der Waals surface area contributed by atoms with E-state index in [4.69, 9.17) is 39.5 Å². The van der Waals surface area contributed by atoms with E-state index in [1.165, 1.54) is 0 Å². The number of carbonyl (C=O) groups excluding carboxylic acids is 1. The van der Waals surface area contributed by atoms with Gasteiger partial charge in [0, 0.05) is 21.3 Å². The first-order chi connectivity index (χ1) is 15.9. The van der Waals surface area contributed by atoms with Gasteiger partial charge in [-0.2, -0.15) is 5.10 Å². The van der Waals surface area contributed by atoms with Gasteiger partial charge in [-0.15, -0.1) is 0 Å². The maximum absolute atomic E-state index is 12.7. The molecule has 0 aliphatic rings. The lowest BCUT2D eigenvalue weighted by atomic mass is 10.1. The van der Waals surface area contributed by atoms with E-state index >= 15 is 0 Å². The van der Waals surface area contributed by atoms with Gasteiger partial charge in [-0.3, -0.25) is 9.48 Å². The summed E-state index contributed by atoms with van der Waals surface area (Å²) in [6.45, 7) is 0.758. The molecule has 9 heteroatoms. The highest BCUT2D eigenvalue weighted by atomic mass is 79.9. The van der Waals surface area contributed by atoms with Crippen molar-refractivity contribution in [1.29, 1.82) is 0 Å². The smallest absolute Gasteiger partial charge is 0.256 e. The van der Waals surface area contributed by atoms with E-state index in [1.807, 2.05) is 42.5 Å². The molecule has 1 heterocycles. The number of carbonyl (C=O) groups is 1. The second kappa shape index (κ2) is 10.6. The van der Waals surface area contributed by atoms with Gasteiger partial charge in [0.05, 0.1) is 11.6 Å². The Hall–Kier alpha value is -2.51. The van der Waals surface area contributed by atoms with Crippen molar-refractivity contribution in [3.8, 4) is 5.75 Å². The van der Waals surface area contributed by atoms with Crippen LogP contribution in [-0.2, 0) is 13.2 Å². The second-order valence-corrected chi connectivity index (χ2v) is 9.27. The van der Waals surface area contributed by atoms with Crippen molar-refractivity contribution in [3.63, 3.8) is 0 Å². The Labute approximate surface area is 214 Å². The minimum atomic E-state index is -0.316. The van der Waals surface area contributed by atoms with Crippen LogP contribution in [0.25, 0.3) is 0 Å². The zero-order valence-electron chi connectivity index (χ0n) is 17.1. The molecule has 3 aromatic carbocycles. The quantitative estimate of drug-likeness (QED) is 0.253. The van der Waals surface area contributed by atoms with E-state index in [0.29, 0.717) is 39.5 Å². The van der Waals surface area contributed by atoms with Crippen LogP contribution in [-0.4, -0.2) is 15.7 Å². The lowest BCUT2D eigenvalue weighted by Crippen LogP contribution is -2.13. The second-order valence-electron chi connectivity index (χ2n) is 7.13. The third-order valence-corrected chi connectivity index (χ3v) is 6.18. The number of aromatic nitrogens is 2. The molecule has 4 aromatic rings. The molecule has 33 heavy (non-hydrogen) atoms. The third-order valence-electron chi connectivity index (χ3n) is 4.74. The first kappa shape index (κ1) is 23.6. The molecule has 1 amide bonds. The molecule has 0 bridgehead atoms. The van der Waals surface area contributed by atoms with Crippen molar-refractivity contribution in [2.24, 2.45) is 0 Å². The maximum Gasteiger partial charge on any atom is 0.256 e. The van der Waals surface area contributed by atoms with Crippen LogP contribution in [0.5, 0.6) is 5.75 Å². The standard InChI is InChI=1S/C24H17BrCl3N3O2/c25-18-9-10-22(20(27)11-18)33-14-15-5-7-16(8-6-15)24(32)29-23-21(28)13-31(30-23)12-17-3-1-2-4-19(17)26/h1-11,13H,12,14H2,(H,29,30,32). The van der Waals surface area contributed by atoms with Crippen LogP contribution >= 0.6 is 50.7 Å². The third kappa shape index (κ3) is 6.09. The average Bonchev–Trinajstić information content (AvgIpc) is 3.13. The van der Waals surface area contributed by atoms with Crippen molar-refractivity contribution in [2.45, 2.75) is 13.2 Å². The van der Waals surface area contributed by atoms with Crippen LogP contribution in [0, 0.1) is 0 Å². The summed E-state index contributed by atoms with van der Waals surface area (Å²) < 4.78 is 8.27. The molecule has 0 atom stereocenters. The monoisotopic (exact) mass is 563 g/mol. The number of ether oxygens (including phenoxy) is 1. The van der Waals surface area contributed by atoms with Gasteiger partial charge in [0.2, 0.25) is 0 Å². The molecule has 0 aliphatic heterocycles. The predicted octanol–water partition coefficient (Wildman–Crippen LogP) is 7.49. The molecule has 1 aromatic heterocycles. The first-order valence-corrected chi connectivity index (χ1v) is 11.8. The number of halogens is 4. The topological polar surface area (TPSA) is 56.2 Å². The lowest BCUT2D eigenvalue weighted by molar-refractivity contribution is 0.102. The van der Waals surface area contributed by atoms with Crippen LogP contribution in [0.4, 0.5) is 5.82 Å². The first-order valence-electron chi connectivity index (χ1n) is 9.83. The summed E-state index contributed by atoms with van der Waals surface area (Å²) in [6, 6.07) is 20.0. The van der Waals surface area contributed by atoms with Crippen molar-refractivity contribution < 1.29 is 9.53 Å². The number of hydrogen-bond donors (Lipinski definition) is 1. The molecule has 0 radical (unpaired) electrons. The molecule has 0 saturated carbocycles. The van der Waals surface area contributed by atoms with Gasteiger partial charge in [0.1, 0.15) is 17.4 Å². The summed E-state index contributed by atoms with van der Waals surface area (Å²) in [6.07, 6.45) is 1.65. The van der Waals surface area contributed by atoms with Crippen molar-refractivity contribution >= 4 is 62.5 Å². The number of nitrogens with one attached hydrogen (secondary N) is 1. The molecular formula is C24H17BrCl3N3O2. The summed E-state index contributed by atoms with van der Waals surface area (Å²) in [5.41, 5.74) is 2.27. The average molecular weight is 566 g/mol. The molecule has 168 valence electrons. The van der Waals surface area contributed by atoms with E-state index in [-0.39, 0.29) is 11.7 Å². The van der Waals surface area contributed by atoms with Crippen LogP contribution < -0.4 is 10.1 Å². The lowest BCUT2D eigenvalue weighted by Gasteiger charge is -2.09. The van der Waals surface area contributed by atoms with Gasteiger partial charge < -0.3 is 10.1 Å². The van der Waals surface area contributed by atoms with Crippen LogP contribution in [0.2, 0.25) is 15.1 Å². The van der Waals surface area contributed by atoms with Crippen molar-refractivity contribution in [1.82, 2.24) is 9.78 Å². The Kier molecular flexibility index (Phi) is 7.60. The van der Waals surface area contributed by atoms with Gasteiger partial charge >= 0.3 is 0 Å². The van der Waals surface area contributed by atoms with Crippen LogP contribution in [0.1, 0.15) is 21.5 Å². The number of hydrogen-bond acceptors (Lipinski definition) is 3. The van der Waals surface area contributed by atoms with E-state index in [1.54, 1.807) is 35.1 Å². The minimum Gasteiger partial charge on any atom is -0.487 e. The fourth-order valence-corrected chi connectivity index (χ4v) is 4.17. The van der Waals surface area contributed by atoms with E-state index < -0.39 is 0 Å². The van der Waals surface area contributed by atoms with Crippen molar-refractivity contribution in [3.05, 3.63) is 109 Å².